The first kappa shape index (κ1) is 7.32. The van der Waals surface area contributed by atoms with E-state index in [0.717, 1.165) is 6.42 Å². The number of aryl methyl sites for hydroxylation is 2. The summed E-state index contributed by atoms with van der Waals surface area (Å²) in [6.07, 6.45) is 4.71. The number of aliphatic hydroxyl groups is 1. The SMILES string of the molecule is OCCc1cc2c(s1)CCC2. The van der Waals surface area contributed by atoms with Crippen molar-refractivity contribution >= 4 is 11.3 Å². The molecule has 0 fully saturated rings. The fourth-order valence-electron chi connectivity index (χ4n) is 1.62. The molecule has 0 aliphatic heterocycles. The van der Waals surface area contributed by atoms with Crippen LogP contribution >= 0.6 is 11.3 Å². The van der Waals surface area contributed by atoms with E-state index in [1.165, 1.54) is 24.1 Å². The van der Waals surface area contributed by atoms with Crippen molar-refractivity contribution in [1.82, 2.24) is 0 Å². The molecule has 0 spiro atoms. The Morgan fingerprint density at radius 2 is 2.36 bits per heavy atom. The topological polar surface area (TPSA) is 20.2 Å². The molecule has 1 aromatic heterocycles. The Morgan fingerprint density at radius 3 is 3.09 bits per heavy atom. The molecule has 1 aliphatic rings. The summed E-state index contributed by atoms with van der Waals surface area (Å²) < 4.78 is 0. The van der Waals surface area contributed by atoms with Crippen LogP contribution in [0.3, 0.4) is 0 Å². The molecule has 0 saturated carbocycles. The summed E-state index contributed by atoms with van der Waals surface area (Å²) >= 11 is 1.89. The van der Waals surface area contributed by atoms with Gasteiger partial charge >= 0.3 is 0 Å². The Labute approximate surface area is 70.7 Å². The molecular formula is C9H12OS. The van der Waals surface area contributed by atoms with E-state index >= 15 is 0 Å². The van der Waals surface area contributed by atoms with Crippen molar-refractivity contribution < 1.29 is 5.11 Å². The van der Waals surface area contributed by atoms with E-state index in [1.807, 2.05) is 11.3 Å². The molecule has 1 aromatic rings. The summed E-state index contributed by atoms with van der Waals surface area (Å²) in [6, 6.07) is 2.27. The number of thiophene rings is 1. The molecule has 60 valence electrons. The van der Waals surface area contributed by atoms with Gasteiger partial charge in [0, 0.05) is 22.8 Å². The monoisotopic (exact) mass is 168 g/mol. The van der Waals surface area contributed by atoms with Crippen molar-refractivity contribution in [1.29, 1.82) is 0 Å². The molecular weight excluding hydrogens is 156 g/mol. The van der Waals surface area contributed by atoms with Gasteiger partial charge in [0.15, 0.2) is 0 Å². The molecule has 1 heterocycles. The van der Waals surface area contributed by atoms with Crippen LogP contribution in [0.4, 0.5) is 0 Å². The van der Waals surface area contributed by atoms with Gasteiger partial charge in [0.2, 0.25) is 0 Å². The second kappa shape index (κ2) is 2.95. The van der Waals surface area contributed by atoms with Gasteiger partial charge in [0.1, 0.15) is 0 Å². The third-order valence-corrected chi connectivity index (χ3v) is 3.45. The van der Waals surface area contributed by atoms with E-state index in [-0.39, 0.29) is 0 Å². The number of rotatable bonds is 2. The normalized spacial score (nSPS) is 15.4. The highest BCUT2D eigenvalue weighted by atomic mass is 32.1. The van der Waals surface area contributed by atoms with Crippen LogP contribution in [0.15, 0.2) is 6.07 Å². The lowest BCUT2D eigenvalue weighted by Crippen LogP contribution is -1.85. The zero-order chi connectivity index (χ0) is 7.68. The lowest BCUT2D eigenvalue weighted by atomic mass is 10.2. The lowest BCUT2D eigenvalue weighted by Gasteiger charge is -1.89. The summed E-state index contributed by atoms with van der Waals surface area (Å²) in [6.45, 7) is 0.291. The fourth-order valence-corrected chi connectivity index (χ4v) is 2.87. The molecule has 0 amide bonds. The van der Waals surface area contributed by atoms with Gasteiger partial charge in [0.05, 0.1) is 0 Å². The van der Waals surface area contributed by atoms with E-state index in [9.17, 15) is 0 Å². The van der Waals surface area contributed by atoms with Crippen LogP contribution in [-0.2, 0) is 19.3 Å². The Morgan fingerprint density at radius 1 is 1.45 bits per heavy atom. The van der Waals surface area contributed by atoms with Crippen LogP contribution in [0.25, 0.3) is 0 Å². The molecule has 0 unspecified atom stereocenters. The smallest absolute Gasteiger partial charge is 0.0479 e. The third-order valence-electron chi connectivity index (χ3n) is 2.16. The van der Waals surface area contributed by atoms with Crippen molar-refractivity contribution in [3.05, 3.63) is 21.4 Å². The fraction of sp³-hybridized carbons (Fsp3) is 0.556. The van der Waals surface area contributed by atoms with E-state index in [1.54, 1.807) is 10.4 Å². The summed E-state index contributed by atoms with van der Waals surface area (Å²) in [7, 11) is 0. The second-order valence-electron chi connectivity index (χ2n) is 2.99. The Kier molecular flexibility index (Phi) is 1.96. The first-order valence-electron chi connectivity index (χ1n) is 4.11. The van der Waals surface area contributed by atoms with Crippen molar-refractivity contribution in [3.8, 4) is 0 Å². The number of hydrogen-bond acceptors (Lipinski definition) is 2. The Balaban J connectivity index is 2.20. The number of hydrogen-bond donors (Lipinski definition) is 1. The minimum absolute atomic E-state index is 0.291. The van der Waals surface area contributed by atoms with Gasteiger partial charge in [-0.2, -0.15) is 0 Å². The average molecular weight is 168 g/mol. The van der Waals surface area contributed by atoms with Crippen molar-refractivity contribution in [2.24, 2.45) is 0 Å². The van der Waals surface area contributed by atoms with E-state index in [4.69, 9.17) is 5.11 Å². The molecule has 2 heteroatoms. The zero-order valence-electron chi connectivity index (χ0n) is 6.47. The standard InChI is InChI=1S/C9H12OS/c10-5-4-8-6-7-2-1-3-9(7)11-8/h6,10H,1-5H2. The second-order valence-corrected chi connectivity index (χ2v) is 4.21. The highest BCUT2D eigenvalue weighted by molar-refractivity contribution is 7.12. The van der Waals surface area contributed by atoms with Gasteiger partial charge in [-0.3, -0.25) is 0 Å². The van der Waals surface area contributed by atoms with Crippen LogP contribution in [0.5, 0.6) is 0 Å². The largest absolute Gasteiger partial charge is 0.396 e. The van der Waals surface area contributed by atoms with Crippen LogP contribution in [-0.4, -0.2) is 11.7 Å². The van der Waals surface area contributed by atoms with Gasteiger partial charge in [-0.15, -0.1) is 11.3 Å². The van der Waals surface area contributed by atoms with Crippen LogP contribution in [0.1, 0.15) is 21.7 Å². The molecule has 1 N–H and O–H groups in total. The maximum atomic E-state index is 8.72. The number of aliphatic hydroxyl groups excluding tert-OH is 1. The highest BCUT2D eigenvalue weighted by Crippen LogP contribution is 2.30. The molecule has 11 heavy (non-hydrogen) atoms. The van der Waals surface area contributed by atoms with Crippen molar-refractivity contribution in [2.75, 3.05) is 6.61 Å². The highest BCUT2D eigenvalue weighted by Gasteiger charge is 2.13. The van der Waals surface area contributed by atoms with Gasteiger partial charge < -0.3 is 5.11 Å². The molecule has 1 aliphatic carbocycles. The quantitative estimate of drug-likeness (QED) is 0.713. The molecule has 0 bridgehead atoms. The minimum atomic E-state index is 0.291. The zero-order valence-corrected chi connectivity index (χ0v) is 7.28. The van der Waals surface area contributed by atoms with Crippen LogP contribution in [0.2, 0.25) is 0 Å². The maximum absolute atomic E-state index is 8.72. The molecule has 2 rings (SSSR count). The lowest BCUT2D eigenvalue weighted by molar-refractivity contribution is 0.300. The molecule has 0 atom stereocenters. The first-order valence-corrected chi connectivity index (χ1v) is 4.93. The Hall–Kier alpha value is -0.340. The van der Waals surface area contributed by atoms with Crippen molar-refractivity contribution in [3.63, 3.8) is 0 Å². The van der Waals surface area contributed by atoms with Gasteiger partial charge in [-0.1, -0.05) is 0 Å². The molecule has 0 radical (unpaired) electrons. The average Bonchev–Trinajstić information content (AvgIpc) is 2.46. The third kappa shape index (κ3) is 1.33. The first-order chi connectivity index (χ1) is 5.40. The van der Waals surface area contributed by atoms with Crippen molar-refractivity contribution in [2.45, 2.75) is 25.7 Å². The summed E-state index contributed by atoms with van der Waals surface area (Å²) in [5.74, 6) is 0. The molecule has 1 nitrogen and oxygen atoms in total. The predicted molar refractivity (Wildman–Crippen MR) is 47.1 cm³/mol. The maximum Gasteiger partial charge on any atom is 0.0479 e. The summed E-state index contributed by atoms with van der Waals surface area (Å²) in [5, 5.41) is 8.72. The van der Waals surface area contributed by atoms with E-state index < -0.39 is 0 Å². The van der Waals surface area contributed by atoms with E-state index in [0.29, 0.717) is 6.61 Å². The van der Waals surface area contributed by atoms with Gasteiger partial charge in [0.25, 0.3) is 0 Å². The summed E-state index contributed by atoms with van der Waals surface area (Å²) in [4.78, 5) is 2.92. The van der Waals surface area contributed by atoms with Crippen LogP contribution < -0.4 is 0 Å². The minimum Gasteiger partial charge on any atom is -0.396 e. The number of fused-ring (bicyclic) bond motifs is 1. The molecule has 0 saturated heterocycles. The van der Waals surface area contributed by atoms with Gasteiger partial charge in [-0.05, 0) is 30.9 Å². The molecule has 0 aromatic carbocycles. The van der Waals surface area contributed by atoms with Gasteiger partial charge in [-0.25, -0.2) is 0 Å². The predicted octanol–water partition coefficient (Wildman–Crippen LogP) is 1.77. The van der Waals surface area contributed by atoms with Crippen LogP contribution in [0, 0.1) is 0 Å². The Bertz CT molecular complexity index is 231. The summed E-state index contributed by atoms with van der Waals surface area (Å²) in [5.41, 5.74) is 1.54. The van der Waals surface area contributed by atoms with E-state index in [2.05, 4.69) is 6.07 Å².